The number of aryl methyl sites for hydroxylation is 1. The van der Waals surface area contributed by atoms with Gasteiger partial charge in [-0.2, -0.15) is 0 Å². The van der Waals surface area contributed by atoms with E-state index in [0.29, 0.717) is 0 Å². The van der Waals surface area contributed by atoms with Crippen molar-refractivity contribution in [3.63, 3.8) is 0 Å². The third-order valence-electron chi connectivity index (χ3n) is 9.40. The van der Waals surface area contributed by atoms with Crippen LogP contribution in [0.3, 0.4) is 0 Å². The van der Waals surface area contributed by atoms with Crippen molar-refractivity contribution in [1.82, 2.24) is 35.4 Å². The van der Waals surface area contributed by atoms with Gasteiger partial charge in [-0.25, -0.2) is 36.4 Å². The number of hydrogen-bond acceptors (Lipinski definition) is 8. The number of rotatable bonds is 6. The Morgan fingerprint density at radius 2 is 1.70 bits per heavy atom. The third-order valence-corrected chi connectivity index (χ3v) is 9.40. The maximum Gasteiger partial charge on any atom is 0.409 e. The Morgan fingerprint density at radius 1 is 1.02 bits per heavy atom. The first-order valence-corrected chi connectivity index (χ1v) is 14.9. The van der Waals surface area contributed by atoms with Crippen molar-refractivity contribution < 1.29 is 45.7 Å². The van der Waals surface area contributed by atoms with Crippen molar-refractivity contribution in [2.24, 2.45) is 5.92 Å². The van der Waals surface area contributed by atoms with Gasteiger partial charge in [0, 0.05) is 31.5 Å². The van der Waals surface area contributed by atoms with Crippen LogP contribution >= 0.6 is 0 Å². The average Bonchev–Trinajstić information content (AvgIpc) is 3.65. The molecule has 1 aliphatic carbocycles. The number of alkyl halides is 4. The van der Waals surface area contributed by atoms with E-state index >= 15 is 4.39 Å². The number of amides is 3. The molecule has 2 aromatic heterocycles. The lowest BCUT2D eigenvalue weighted by atomic mass is 9.70. The van der Waals surface area contributed by atoms with Crippen LogP contribution < -0.4 is 5.32 Å². The Labute approximate surface area is 259 Å². The lowest BCUT2D eigenvalue weighted by Crippen LogP contribution is -2.64. The SMILES string of the molecule is COC(=O)N1CCC(C(=O)N2CC(F)(F)C2)(c2ccc3[nH]c(C(NC(=O)c4nonc4C)C4CCC(F)(F)CC4)nc3c2F)CC1. The number of likely N-dealkylation sites (tertiary alicyclic amines) is 2. The molecule has 46 heavy (non-hydrogen) atoms. The maximum absolute atomic E-state index is 16.6. The second-order valence-electron chi connectivity index (χ2n) is 12.3. The fraction of sp³-hybridized carbons (Fsp3) is 0.586. The molecule has 0 spiro atoms. The normalized spacial score (nSPS) is 21.5. The largest absolute Gasteiger partial charge is 0.453 e. The van der Waals surface area contributed by atoms with E-state index in [1.807, 2.05) is 0 Å². The molecule has 1 atom stereocenters. The lowest BCUT2D eigenvalue weighted by Gasteiger charge is -2.47. The molecule has 3 aromatic rings. The molecular weight excluding hydrogens is 621 g/mol. The molecule has 3 aliphatic rings. The smallest absolute Gasteiger partial charge is 0.409 e. The number of aromatic nitrogens is 4. The number of fused-ring (bicyclic) bond motifs is 1. The van der Waals surface area contributed by atoms with Crippen molar-refractivity contribution in [2.45, 2.75) is 68.8 Å². The average molecular weight is 654 g/mol. The first-order chi connectivity index (χ1) is 21.7. The van der Waals surface area contributed by atoms with Gasteiger partial charge in [-0.1, -0.05) is 11.2 Å². The summed E-state index contributed by atoms with van der Waals surface area (Å²) in [6, 6.07) is 1.94. The standard InChI is InChI=1S/C29H32F5N7O5/c1-15-20(39-46-38-15)24(42)37-21(16-5-7-28(31,32)8-6-16)23-35-18-4-3-17(19(30)22(18)36-23)27(25(43)41-13-29(33,34)14-41)9-11-40(12-10-27)26(44)45-2/h3-4,16,21H,5-14H2,1-2H3,(H,35,36)(H,37,42). The Hall–Kier alpha value is -4.31. The summed E-state index contributed by atoms with van der Waals surface area (Å²) in [5.74, 6) is -8.52. The molecular formula is C29H32F5N7O5. The quantitative estimate of drug-likeness (QED) is 0.375. The monoisotopic (exact) mass is 653 g/mol. The predicted octanol–water partition coefficient (Wildman–Crippen LogP) is 4.27. The van der Waals surface area contributed by atoms with Crippen molar-refractivity contribution >= 4 is 28.9 Å². The van der Waals surface area contributed by atoms with Crippen LogP contribution in [-0.2, 0) is 14.9 Å². The number of aromatic amines is 1. The molecule has 3 fully saturated rings. The van der Waals surface area contributed by atoms with E-state index in [1.165, 1.54) is 31.1 Å². The highest BCUT2D eigenvalue weighted by atomic mass is 19.3. The zero-order valence-electron chi connectivity index (χ0n) is 25.0. The minimum atomic E-state index is -3.05. The predicted molar refractivity (Wildman–Crippen MR) is 149 cm³/mol. The summed E-state index contributed by atoms with van der Waals surface area (Å²) in [6.45, 7) is -0.0563. The second kappa shape index (κ2) is 11.5. The summed E-state index contributed by atoms with van der Waals surface area (Å²) in [4.78, 5) is 48.9. The number of H-pyrrole nitrogens is 1. The number of imidazole rings is 1. The van der Waals surface area contributed by atoms with Gasteiger partial charge < -0.3 is 24.8 Å². The molecule has 248 valence electrons. The Bertz CT molecular complexity index is 1650. The van der Waals surface area contributed by atoms with Crippen LogP contribution in [0.15, 0.2) is 16.8 Å². The van der Waals surface area contributed by atoms with Crippen LogP contribution in [0.25, 0.3) is 11.0 Å². The summed E-state index contributed by atoms with van der Waals surface area (Å²) < 4.78 is 81.6. The Morgan fingerprint density at radius 3 is 2.28 bits per heavy atom. The van der Waals surface area contributed by atoms with Gasteiger partial charge in [-0.05, 0) is 49.7 Å². The molecule has 2 aliphatic heterocycles. The van der Waals surface area contributed by atoms with Gasteiger partial charge in [0.2, 0.25) is 11.8 Å². The van der Waals surface area contributed by atoms with Gasteiger partial charge in [-0.3, -0.25) is 9.59 Å². The lowest BCUT2D eigenvalue weighted by molar-refractivity contribution is -0.173. The summed E-state index contributed by atoms with van der Waals surface area (Å²) in [5, 5.41) is 9.98. The summed E-state index contributed by atoms with van der Waals surface area (Å²) in [7, 11) is 1.21. The van der Waals surface area contributed by atoms with Crippen LogP contribution in [0.4, 0.5) is 26.7 Å². The zero-order valence-corrected chi connectivity index (χ0v) is 25.0. The molecule has 3 amide bonds. The molecule has 2 N–H and O–H groups in total. The maximum atomic E-state index is 16.6. The molecule has 1 unspecified atom stereocenters. The number of carbonyl (C=O) groups excluding carboxylic acids is 3. The molecule has 1 aromatic carbocycles. The van der Waals surface area contributed by atoms with Crippen molar-refractivity contribution in [1.29, 1.82) is 0 Å². The summed E-state index contributed by atoms with van der Waals surface area (Å²) in [6.07, 6.45) is -1.45. The van der Waals surface area contributed by atoms with Crippen molar-refractivity contribution in [3.8, 4) is 0 Å². The molecule has 0 radical (unpaired) electrons. The van der Waals surface area contributed by atoms with Gasteiger partial charge >= 0.3 is 6.09 Å². The number of methoxy groups -OCH3 is 1. The molecule has 4 heterocycles. The van der Waals surface area contributed by atoms with Crippen LogP contribution in [0.1, 0.15) is 72.1 Å². The number of benzene rings is 1. The highest BCUT2D eigenvalue weighted by molar-refractivity contribution is 5.93. The van der Waals surface area contributed by atoms with E-state index in [1.54, 1.807) is 0 Å². The number of ether oxygens (including phenoxy) is 1. The van der Waals surface area contributed by atoms with Crippen molar-refractivity contribution in [2.75, 3.05) is 33.3 Å². The van der Waals surface area contributed by atoms with E-state index in [0.717, 1.165) is 4.90 Å². The van der Waals surface area contributed by atoms with E-state index in [4.69, 9.17) is 4.74 Å². The van der Waals surface area contributed by atoms with Crippen molar-refractivity contribution in [3.05, 3.63) is 40.7 Å². The van der Waals surface area contributed by atoms with E-state index in [-0.39, 0.29) is 72.6 Å². The van der Waals surface area contributed by atoms with Gasteiger partial charge in [0.25, 0.3) is 11.8 Å². The number of piperidine rings is 1. The number of carbonyl (C=O) groups is 3. The molecule has 0 bridgehead atoms. The Balaban J connectivity index is 1.37. The second-order valence-corrected chi connectivity index (χ2v) is 12.3. The van der Waals surface area contributed by atoms with Crippen LogP contribution in [-0.4, -0.2) is 93.1 Å². The number of halogens is 5. The number of nitrogens with one attached hydrogen (secondary N) is 2. The number of nitrogens with zero attached hydrogens (tertiary/aromatic N) is 5. The topological polar surface area (TPSA) is 147 Å². The molecule has 1 saturated carbocycles. The van der Waals surface area contributed by atoms with Crippen LogP contribution in [0.2, 0.25) is 0 Å². The van der Waals surface area contributed by atoms with Gasteiger partial charge in [0.15, 0.2) is 11.5 Å². The fourth-order valence-corrected chi connectivity index (χ4v) is 6.79. The molecule has 6 rings (SSSR count). The summed E-state index contributed by atoms with van der Waals surface area (Å²) in [5.41, 5.74) is -1.50. The van der Waals surface area contributed by atoms with E-state index in [9.17, 15) is 31.9 Å². The molecule has 17 heteroatoms. The van der Waals surface area contributed by atoms with Gasteiger partial charge in [-0.15, -0.1) is 0 Å². The number of hydrogen-bond donors (Lipinski definition) is 2. The fourth-order valence-electron chi connectivity index (χ4n) is 6.79. The van der Waals surface area contributed by atoms with E-state index in [2.05, 4.69) is 30.2 Å². The highest BCUT2D eigenvalue weighted by Crippen LogP contribution is 2.44. The van der Waals surface area contributed by atoms with E-state index < -0.39 is 78.9 Å². The Kier molecular flexibility index (Phi) is 7.91. The third kappa shape index (κ3) is 5.63. The minimum absolute atomic E-state index is 0.0165. The zero-order chi connectivity index (χ0) is 33.0. The van der Waals surface area contributed by atoms with Crippen LogP contribution in [0.5, 0.6) is 0 Å². The minimum Gasteiger partial charge on any atom is -0.453 e. The van der Waals surface area contributed by atoms with Gasteiger partial charge in [0.1, 0.15) is 17.0 Å². The highest BCUT2D eigenvalue weighted by Gasteiger charge is 2.54. The van der Waals surface area contributed by atoms with Crippen LogP contribution in [0, 0.1) is 18.7 Å². The van der Waals surface area contributed by atoms with Gasteiger partial charge in [0.05, 0.1) is 37.2 Å². The first kappa shape index (κ1) is 31.7. The molecule has 12 nitrogen and oxygen atoms in total. The molecule has 2 saturated heterocycles. The first-order valence-electron chi connectivity index (χ1n) is 14.9. The summed E-state index contributed by atoms with van der Waals surface area (Å²) >= 11 is 0.